The SMILES string of the molecule is OC[C@@H]1CCCN1Cc1c(F)ccc(Br)c1F. The smallest absolute Gasteiger partial charge is 0.144 e. The number of hydrogen-bond acceptors (Lipinski definition) is 2. The predicted molar refractivity (Wildman–Crippen MR) is 64.6 cm³/mol. The molecule has 1 atom stereocenters. The van der Waals surface area contributed by atoms with Crippen molar-refractivity contribution in [3.63, 3.8) is 0 Å². The highest BCUT2D eigenvalue weighted by atomic mass is 79.9. The molecular formula is C12H14BrF2NO. The van der Waals surface area contributed by atoms with Crippen molar-refractivity contribution >= 4 is 15.9 Å². The Bertz CT molecular complexity index is 414. The van der Waals surface area contributed by atoms with E-state index in [1.807, 2.05) is 4.90 Å². The minimum atomic E-state index is -0.548. The number of nitrogens with zero attached hydrogens (tertiary/aromatic N) is 1. The zero-order valence-electron chi connectivity index (χ0n) is 9.30. The molecule has 0 amide bonds. The van der Waals surface area contributed by atoms with E-state index in [9.17, 15) is 8.78 Å². The Kier molecular flexibility index (Phi) is 4.12. The van der Waals surface area contributed by atoms with Crippen LogP contribution >= 0.6 is 15.9 Å². The van der Waals surface area contributed by atoms with Crippen LogP contribution in [0.3, 0.4) is 0 Å². The molecule has 94 valence electrons. The lowest BCUT2D eigenvalue weighted by Gasteiger charge is -2.23. The Morgan fingerprint density at radius 3 is 2.88 bits per heavy atom. The lowest BCUT2D eigenvalue weighted by atomic mass is 10.1. The highest BCUT2D eigenvalue weighted by molar-refractivity contribution is 9.10. The summed E-state index contributed by atoms with van der Waals surface area (Å²) in [6.07, 6.45) is 1.84. The molecular weight excluding hydrogens is 292 g/mol. The molecule has 1 aromatic carbocycles. The highest BCUT2D eigenvalue weighted by Gasteiger charge is 2.26. The second-order valence-electron chi connectivity index (χ2n) is 4.27. The van der Waals surface area contributed by atoms with Crippen molar-refractivity contribution in [3.8, 4) is 0 Å². The number of rotatable bonds is 3. The van der Waals surface area contributed by atoms with E-state index >= 15 is 0 Å². The molecule has 0 aliphatic carbocycles. The van der Waals surface area contributed by atoms with Crippen LogP contribution in [0.2, 0.25) is 0 Å². The molecule has 1 saturated heterocycles. The summed E-state index contributed by atoms with van der Waals surface area (Å²) in [5.41, 5.74) is 0.0692. The van der Waals surface area contributed by atoms with E-state index in [1.165, 1.54) is 12.1 Å². The zero-order chi connectivity index (χ0) is 12.4. The first kappa shape index (κ1) is 12.9. The zero-order valence-corrected chi connectivity index (χ0v) is 10.9. The average molecular weight is 306 g/mol. The van der Waals surface area contributed by atoms with Gasteiger partial charge in [-0.3, -0.25) is 4.90 Å². The molecule has 0 bridgehead atoms. The molecule has 0 radical (unpaired) electrons. The lowest BCUT2D eigenvalue weighted by Crippen LogP contribution is -2.32. The van der Waals surface area contributed by atoms with Gasteiger partial charge in [0.2, 0.25) is 0 Å². The fraction of sp³-hybridized carbons (Fsp3) is 0.500. The number of benzene rings is 1. The minimum absolute atomic E-state index is 0.0211. The molecule has 0 aromatic heterocycles. The van der Waals surface area contributed by atoms with Gasteiger partial charge in [0, 0.05) is 18.2 Å². The number of likely N-dealkylation sites (tertiary alicyclic amines) is 1. The summed E-state index contributed by atoms with van der Waals surface area (Å²) < 4.78 is 27.6. The molecule has 1 heterocycles. The summed E-state index contributed by atoms with van der Waals surface area (Å²) in [5, 5.41) is 9.17. The van der Waals surface area contributed by atoms with Gasteiger partial charge in [0.05, 0.1) is 11.1 Å². The topological polar surface area (TPSA) is 23.5 Å². The van der Waals surface area contributed by atoms with Gasteiger partial charge in [-0.1, -0.05) is 0 Å². The molecule has 2 rings (SSSR count). The van der Waals surface area contributed by atoms with Crippen molar-refractivity contribution in [2.75, 3.05) is 13.2 Å². The maximum Gasteiger partial charge on any atom is 0.144 e. The minimum Gasteiger partial charge on any atom is -0.395 e. The summed E-state index contributed by atoms with van der Waals surface area (Å²) in [6, 6.07) is 2.64. The molecule has 2 nitrogen and oxygen atoms in total. The van der Waals surface area contributed by atoms with Gasteiger partial charge < -0.3 is 5.11 Å². The van der Waals surface area contributed by atoms with Crippen LogP contribution in [-0.4, -0.2) is 29.2 Å². The van der Waals surface area contributed by atoms with Crippen molar-refractivity contribution in [2.45, 2.75) is 25.4 Å². The van der Waals surface area contributed by atoms with Gasteiger partial charge in [0.15, 0.2) is 0 Å². The highest BCUT2D eigenvalue weighted by Crippen LogP contribution is 2.26. The quantitative estimate of drug-likeness (QED) is 0.868. The number of aliphatic hydroxyl groups is 1. The van der Waals surface area contributed by atoms with E-state index in [0.29, 0.717) is 0 Å². The number of aliphatic hydroxyl groups excluding tert-OH is 1. The average Bonchev–Trinajstić information content (AvgIpc) is 2.77. The lowest BCUT2D eigenvalue weighted by molar-refractivity contribution is 0.151. The van der Waals surface area contributed by atoms with Crippen molar-refractivity contribution in [2.24, 2.45) is 0 Å². The molecule has 1 N–H and O–H groups in total. The van der Waals surface area contributed by atoms with E-state index in [0.717, 1.165) is 19.4 Å². The fourth-order valence-electron chi connectivity index (χ4n) is 2.23. The Morgan fingerprint density at radius 2 is 2.18 bits per heavy atom. The molecule has 17 heavy (non-hydrogen) atoms. The van der Waals surface area contributed by atoms with Gasteiger partial charge >= 0.3 is 0 Å². The van der Waals surface area contributed by atoms with E-state index in [4.69, 9.17) is 5.11 Å². The van der Waals surface area contributed by atoms with Gasteiger partial charge in [-0.05, 0) is 47.4 Å². The van der Waals surface area contributed by atoms with E-state index in [-0.39, 0.29) is 29.2 Å². The van der Waals surface area contributed by atoms with Gasteiger partial charge in [-0.2, -0.15) is 0 Å². The third kappa shape index (κ3) is 2.67. The standard InChI is InChI=1S/C12H14BrF2NO/c13-10-3-4-11(14)9(12(10)15)6-16-5-1-2-8(16)7-17/h3-4,8,17H,1-2,5-7H2/t8-/m0/s1. The fourth-order valence-corrected chi connectivity index (χ4v) is 2.60. The Morgan fingerprint density at radius 1 is 1.41 bits per heavy atom. The van der Waals surface area contributed by atoms with Gasteiger partial charge in [0.25, 0.3) is 0 Å². The molecule has 1 aliphatic heterocycles. The Hall–Kier alpha value is -0.520. The van der Waals surface area contributed by atoms with Crippen LogP contribution in [0.1, 0.15) is 18.4 Å². The third-order valence-electron chi connectivity index (χ3n) is 3.21. The van der Waals surface area contributed by atoms with Crippen molar-refractivity contribution < 1.29 is 13.9 Å². The van der Waals surface area contributed by atoms with E-state index in [2.05, 4.69) is 15.9 Å². The second kappa shape index (κ2) is 5.42. The van der Waals surface area contributed by atoms with Crippen molar-refractivity contribution in [1.82, 2.24) is 4.90 Å². The predicted octanol–water partition coefficient (Wildman–Crippen LogP) is 2.68. The Labute approximate surface area is 107 Å². The van der Waals surface area contributed by atoms with E-state index in [1.54, 1.807) is 0 Å². The van der Waals surface area contributed by atoms with Crippen LogP contribution in [-0.2, 0) is 6.54 Å². The summed E-state index contributed by atoms with van der Waals surface area (Å²) >= 11 is 3.05. The first-order valence-corrected chi connectivity index (χ1v) is 6.40. The van der Waals surface area contributed by atoms with Crippen molar-refractivity contribution in [1.29, 1.82) is 0 Å². The number of hydrogen-bond donors (Lipinski definition) is 1. The van der Waals surface area contributed by atoms with Crippen LogP contribution in [0.25, 0.3) is 0 Å². The summed E-state index contributed by atoms with van der Waals surface area (Å²) in [7, 11) is 0. The summed E-state index contributed by atoms with van der Waals surface area (Å²) in [4.78, 5) is 1.92. The van der Waals surface area contributed by atoms with Gasteiger partial charge in [-0.25, -0.2) is 8.78 Å². The molecule has 1 aliphatic rings. The largest absolute Gasteiger partial charge is 0.395 e. The monoisotopic (exact) mass is 305 g/mol. The first-order chi connectivity index (χ1) is 8.13. The van der Waals surface area contributed by atoms with Gasteiger partial charge in [0.1, 0.15) is 11.6 Å². The maximum atomic E-state index is 13.8. The van der Waals surface area contributed by atoms with Crippen LogP contribution < -0.4 is 0 Å². The summed E-state index contributed by atoms with van der Waals surface area (Å²) in [6.45, 7) is 1.02. The third-order valence-corrected chi connectivity index (χ3v) is 3.82. The second-order valence-corrected chi connectivity index (χ2v) is 5.13. The molecule has 1 aromatic rings. The molecule has 5 heteroatoms. The number of halogens is 3. The maximum absolute atomic E-state index is 13.8. The normalized spacial score (nSPS) is 21.1. The van der Waals surface area contributed by atoms with Crippen molar-refractivity contribution in [3.05, 3.63) is 33.8 Å². The molecule has 0 saturated carbocycles. The van der Waals surface area contributed by atoms with Crippen LogP contribution in [0.15, 0.2) is 16.6 Å². The van der Waals surface area contributed by atoms with Gasteiger partial charge in [-0.15, -0.1) is 0 Å². The molecule has 0 spiro atoms. The summed E-state index contributed by atoms with van der Waals surface area (Å²) in [5.74, 6) is -1.08. The van der Waals surface area contributed by atoms with Crippen LogP contribution in [0.5, 0.6) is 0 Å². The molecule has 0 unspecified atom stereocenters. The first-order valence-electron chi connectivity index (χ1n) is 5.60. The van der Waals surface area contributed by atoms with Crippen LogP contribution in [0, 0.1) is 11.6 Å². The van der Waals surface area contributed by atoms with Crippen LogP contribution in [0.4, 0.5) is 8.78 Å². The van der Waals surface area contributed by atoms with E-state index < -0.39 is 11.6 Å². The molecule has 1 fully saturated rings. The Balaban J connectivity index is 2.21.